The average Bonchev–Trinajstić information content (AvgIpc) is 3.17. The second kappa shape index (κ2) is 10.3. The molecule has 168 valence electrons. The number of carboxylic acid groups (broad SMARTS) is 1. The van der Waals surface area contributed by atoms with E-state index < -0.39 is 17.7 Å². The van der Waals surface area contributed by atoms with E-state index in [0.717, 1.165) is 16.7 Å². The van der Waals surface area contributed by atoms with Gasteiger partial charge in [0.25, 0.3) is 0 Å². The molecule has 3 aromatic rings. The summed E-state index contributed by atoms with van der Waals surface area (Å²) in [6, 6.07) is 14.6. The normalized spacial score (nSPS) is 11.9. The van der Waals surface area contributed by atoms with Gasteiger partial charge in [-0.1, -0.05) is 61.5 Å². The van der Waals surface area contributed by atoms with E-state index in [2.05, 4.69) is 10.1 Å². The van der Waals surface area contributed by atoms with Gasteiger partial charge in [0.15, 0.2) is 0 Å². The largest absolute Gasteiger partial charge is 0.478 e. The zero-order valence-corrected chi connectivity index (χ0v) is 18.3. The quantitative estimate of drug-likeness (QED) is 0.416. The number of carbonyl (C=O) groups is 1. The van der Waals surface area contributed by atoms with Gasteiger partial charge in [0.1, 0.15) is 5.82 Å². The van der Waals surface area contributed by atoms with Crippen LogP contribution in [0.5, 0.6) is 0 Å². The number of hydrogen-bond acceptors (Lipinski definition) is 3. The lowest BCUT2D eigenvalue weighted by Crippen LogP contribution is -2.15. The summed E-state index contributed by atoms with van der Waals surface area (Å²) >= 11 is 0. The monoisotopic (exact) mass is 439 g/mol. The van der Waals surface area contributed by atoms with Crippen LogP contribution in [-0.2, 0) is 25.3 Å². The zero-order chi connectivity index (χ0) is 23.1. The molecular formula is C25H27F2N3O2. The van der Waals surface area contributed by atoms with E-state index in [0.29, 0.717) is 31.6 Å². The number of aromatic nitrogens is 3. The van der Waals surface area contributed by atoms with Gasteiger partial charge >= 0.3 is 11.9 Å². The molecule has 1 heterocycles. The van der Waals surface area contributed by atoms with E-state index in [1.807, 2.05) is 49.4 Å². The van der Waals surface area contributed by atoms with Crippen molar-refractivity contribution in [2.45, 2.75) is 52.0 Å². The smallest absolute Gasteiger partial charge is 0.335 e. The highest BCUT2D eigenvalue weighted by Crippen LogP contribution is 2.30. The summed E-state index contributed by atoms with van der Waals surface area (Å²) in [5.41, 5.74) is 2.89. The topological polar surface area (TPSA) is 68.0 Å². The van der Waals surface area contributed by atoms with Crippen LogP contribution in [0.25, 0.3) is 0 Å². The standard InChI is InChI=1S/C25H27F2N3O2/c1-3-5-10-22-28-24(25(26,27)15-4-2)29-30(22)17-19-13-11-18(12-14-19)16-20-8-6-7-9-21(20)23(31)32/h3,5-9,11-14H,4,10,15-17H2,1-2H3,(H,31,32)/b5-3+. The summed E-state index contributed by atoms with van der Waals surface area (Å²) in [5.74, 6) is -3.94. The lowest BCUT2D eigenvalue weighted by atomic mass is 9.99. The molecule has 7 heteroatoms. The fourth-order valence-electron chi connectivity index (χ4n) is 3.49. The van der Waals surface area contributed by atoms with Crippen LogP contribution in [0.1, 0.15) is 65.4 Å². The summed E-state index contributed by atoms with van der Waals surface area (Å²) in [6.07, 6.45) is 4.70. The van der Waals surface area contributed by atoms with Crippen molar-refractivity contribution in [2.75, 3.05) is 0 Å². The number of alkyl halides is 2. The Morgan fingerprint density at radius 1 is 1.12 bits per heavy atom. The van der Waals surface area contributed by atoms with Gasteiger partial charge in [0.05, 0.1) is 12.1 Å². The maximum absolute atomic E-state index is 14.4. The molecule has 0 unspecified atom stereocenters. The van der Waals surface area contributed by atoms with Crippen molar-refractivity contribution >= 4 is 5.97 Å². The third-order valence-corrected chi connectivity index (χ3v) is 5.17. The van der Waals surface area contributed by atoms with Gasteiger partial charge in [0.2, 0.25) is 5.82 Å². The number of allylic oxidation sites excluding steroid dienone is 2. The van der Waals surface area contributed by atoms with Crippen molar-refractivity contribution in [1.29, 1.82) is 0 Å². The molecule has 0 fully saturated rings. The minimum absolute atomic E-state index is 0.285. The molecule has 0 amide bonds. The Morgan fingerprint density at radius 2 is 1.81 bits per heavy atom. The highest BCUT2D eigenvalue weighted by Gasteiger charge is 2.36. The highest BCUT2D eigenvalue weighted by atomic mass is 19.3. The summed E-state index contributed by atoms with van der Waals surface area (Å²) in [6.45, 7) is 3.91. The van der Waals surface area contributed by atoms with Crippen LogP contribution < -0.4 is 0 Å². The van der Waals surface area contributed by atoms with Crippen LogP contribution >= 0.6 is 0 Å². The predicted octanol–water partition coefficient (Wildman–Crippen LogP) is 5.63. The van der Waals surface area contributed by atoms with E-state index in [-0.39, 0.29) is 12.0 Å². The van der Waals surface area contributed by atoms with E-state index >= 15 is 0 Å². The SMILES string of the molecule is C/C=C/Cc1nc(C(F)(F)CCC)nn1Cc1ccc(Cc2ccccc2C(=O)O)cc1. The molecule has 1 N–H and O–H groups in total. The van der Waals surface area contributed by atoms with Gasteiger partial charge < -0.3 is 5.11 Å². The fourth-order valence-corrected chi connectivity index (χ4v) is 3.49. The van der Waals surface area contributed by atoms with Crippen LogP contribution in [0, 0.1) is 0 Å². The molecule has 0 atom stereocenters. The molecule has 0 saturated carbocycles. The molecule has 5 nitrogen and oxygen atoms in total. The first-order valence-corrected chi connectivity index (χ1v) is 10.7. The molecule has 3 rings (SSSR count). The minimum Gasteiger partial charge on any atom is -0.478 e. The molecule has 0 bridgehead atoms. The Bertz CT molecular complexity index is 1090. The Labute approximate surface area is 186 Å². The second-order valence-corrected chi connectivity index (χ2v) is 7.69. The third kappa shape index (κ3) is 5.66. The van der Waals surface area contributed by atoms with E-state index in [9.17, 15) is 18.7 Å². The van der Waals surface area contributed by atoms with Gasteiger partial charge in [-0.05, 0) is 42.5 Å². The van der Waals surface area contributed by atoms with Crippen LogP contribution in [0.15, 0.2) is 60.7 Å². The first-order valence-electron chi connectivity index (χ1n) is 10.7. The molecular weight excluding hydrogens is 412 g/mol. The van der Waals surface area contributed by atoms with Gasteiger partial charge in [-0.25, -0.2) is 14.5 Å². The molecule has 0 aliphatic carbocycles. The summed E-state index contributed by atoms with van der Waals surface area (Å²) in [7, 11) is 0. The van der Waals surface area contributed by atoms with E-state index in [1.54, 1.807) is 25.1 Å². The number of nitrogens with zero attached hydrogens (tertiary/aromatic N) is 3. The van der Waals surface area contributed by atoms with Gasteiger partial charge in [-0.3, -0.25) is 0 Å². The highest BCUT2D eigenvalue weighted by molar-refractivity contribution is 5.89. The number of halogens is 2. The molecule has 0 radical (unpaired) electrons. The number of hydrogen-bond donors (Lipinski definition) is 1. The molecule has 32 heavy (non-hydrogen) atoms. The van der Waals surface area contributed by atoms with Gasteiger partial charge in [-0.15, -0.1) is 5.10 Å². The number of benzene rings is 2. The van der Waals surface area contributed by atoms with Crippen molar-refractivity contribution in [3.05, 3.63) is 94.6 Å². The lowest BCUT2D eigenvalue weighted by molar-refractivity contribution is -0.0232. The number of rotatable bonds is 10. The van der Waals surface area contributed by atoms with Crippen molar-refractivity contribution < 1.29 is 18.7 Å². The van der Waals surface area contributed by atoms with Crippen LogP contribution in [0.3, 0.4) is 0 Å². The average molecular weight is 440 g/mol. The van der Waals surface area contributed by atoms with Crippen molar-refractivity contribution in [3.63, 3.8) is 0 Å². The maximum Gasteiger partial charge on any atom is 0.335 e. The molecule has 2 aromatic carbocycles. The van der Waals surface area contributed by atoms with Gasteiger partial charge in [0, 0.05) is 12.8 Å². The summed E-state index contributed by atoms with van der Waals surface area (Å²) in [5, 5.41) is 13.5. The van der Waals surface area contributed by atoms with Crippen molar-refractivity contribution in [1.82, 2.24) is 14.8 Å². The van der Waals surface area contributed by atoms with Crippen molar-refractivity contribution in [2.24, 2.45) is 0 Å². The van der Waals surface area contributed by atoms with Crippen LogP contribution in [0.2, 0.25) is 0 Å². The van der Waals surface area contributed by atoms with Crippen molar-refractivity contribution in [3.8, 4) is 0 Å². The Balaban J connectivity index is 1.80. The molecule has 0 saturated heterocycles. The zero-order valence-electron chi connectivity index (χ0n) is 18.3. The fraction of sp³-hybridized carbons (Fsp3) is 0.320. The van der Waals surface area contributed by atoms with Gasteiger partial charge in [-0.2, -0.15) is 8.78 Å². The molecule has 0 aliphatic heterocycles. The first kappa shape index (κ1) is 23.3. The molecule has 0 aliphatic rings. The number of carboxylic acids is 1. The first-order chi connectivity index (χ1) is 15.3. The second-order valence-electron chi connectivity index (χ2n) is 7.69. The minimum atomic E-state index is -3.05. The summed E-state index contributed by atoms with van der Waals surface area (Å²) in [4.78, 5) is 15.5. The maximum atomic E-state index is 14.4. The van der Waals surface area contributed by atoms with Crippen LogP contribution in [-0.4, -0.2) is 25.8 Å². The summed E-state index contributed by atoms with van der Waals surface area (Å²) < 4.78 is 30.3. The lowest BCUT2D eigenvalue weighted by Gasteiger charge is -2.10. The van der Waals surface area contributed by atoms with E-state index in [1.165, 1.54) is 4.68 Å². The molecule has 1 aromatic heterocycles. The third-order valence-electron chi connectivity index (χ3n) is 5.17. The predicted molar refractivity (Wildman–Crippen MR) is 119 cm³/mol. The Hall–Kier alpha value is -3.35. The Kier molecular flexibility index (Phi) is 7.51. The van der Waals surface area contributed by atoms with E-state index in [4.69, 9.17) is 0 Å². The molecule has 0 spiro atoms. The number of aromatic carboxylic acids is 1. The van der Waals surface area contributed by atoms with Crippen LogP contribution in [0.4, 0.5) is 8.78 Å². The Morgan fingerprint density at radius 3 is 2.47 bits per heavy atom.